The van der Waals surface area contributed by atoms with Crippen LogP contribution in [-0.2, 0) is 6.42 Å². The molecule has 0 N–H and O–H groups in total. The molecule has 1 aliphatic heterocycles. The highest BCUT2D eigenvalue weighted by molar-refractivity contribution is 5.85. The third kappa shape index (κ3) is 2.50. The molecule has 0 atom stereocenters. The first-order valence-electron chi connectivity index (χ1n) is 10.7. The van der Waals surface area contributed by atoms with Crippen LogP contribution in [0.25, 0.3) is 16.8 Å². The van der Waals surface area contributed by atoms with Crippen LogP contribution < -0.4 is 4.90 Å². The minimum atomic E-state index is 0.669. The Labute approximate surface area is 167 Å². The Hall–Kier alpha value is -2.36. The van der Waals surface area contributed by atoms with Crippen molar-refractivity contribution in [2.75, 3.05) is 11.4 Å². The molecule has 1 aliphatic carbocycles. The number of aryl methyl sites for hydroxylation is 5. The van der Waals surface area contributed by atoms with E-state index in [2.05, 4.69) is 56.2 Å². The summed E-state index contributed by atoms with van der Waals surface area (Å²) in [6, 6.07) is 5.22. The number of nitrogens with zero attached hydrogens (tertiary/aromatic N) is 4. The molecular formula is C24H30N4. The number of aromatic nitrogens is 3. The fraction of sp³-hybridized carbons (Fsp3) is 0.500. The first kappa shape index (κ1) is 17.7. The summed E-state index contributed by atoms with van der Waals surface area (Å²) < 4.78 is 2.16. The number of hydrogen-bond donors (Lipinski definition) is 0. The van der Waals surface area contributed by atoms with Crippen molar-refractivity contribution in [3.8, 4) is 11.1 Å². The van der Waals surface area contributed by atoms with E-state index in [4.69, 9.17) is 10.1 Å². The van der Waals surface area contributed by atoms with Gasteiger partial charge in [-0.05, 0) is 70.6 Å². The lowest BCUT2D eigenvalue weighted by Crippen LogP contribution is -2.32. The minimum absolute atomic E-state index is 0.669. The highest BCUT2D eigenvalue weighted by atomic mass is 15.4. The summed E-state index contributed by atoms with van der Waals surface area (Å²) >= 11 is 0. The standard InChI is InChI=1S/C24H30N4/c1-14-12-15(2)21(16(3)13-14)22-18(5)26-28-23(22)25-17(4)20-10-11-27(24(20)28)19-8-6-7-9-19/h12-13,19H,6-11H2,1-5H3. The molecule has 1 aromatic carbocycles. The molecule has 3 aromatic rings. The maximum absolute atomic E-state index is 5.08. The molecule has 2 aliphatic rings. The van der Waals surface area contributed by atoms with E-state index >= 15 is 0 Å². The predicted octanol–water partition coefficient (Wildman–Crippen LogP) is 5.24. The molecule has 0 amide bonds. The summed E-state index contributed by atoms with van der Waals surface area (Å²) in [6.07, 6.45) is 6.43. The molecule has 2 aromatic heterocycles. The SMILES string of the molecule is Cc1cc(C)c(-c2c(C)nn3c4c(c(C)nc23)CCN4C2CCCC2)c(C)c1. The second kappa shape index (κ2) is 6.33. The molecule has 5 rings (SSSR count). The molecule has 0 spiro atoms. The monoisotopic (exact) mass is 374 g/mol. The van der Waals surface area contributed by atoms with E-state index in [1.54, 1.807) is 0 Å². The lowest BCUT2D eigenvalue weighted by molar-refractivity contribution is 0.613. The molecule has 1 saturated carbocycles. The van der Waals surface area contributed by atoms with Gasteiger partial charge in [0.1, 0.15) is 5.82 Å². The van der Waals surface area contributed by atoms with Crippen LogP contribution in [0.2, 0.25) is 0 Å². The van der Waals surface area contributed by atoms with Crippen molar-refractivity contribution in [3.05, 3.63) is 45.8 Å². The zero-order chi connectivity index (χ0) is 19.6. The zero-order valence-corrected chi connectivity index (χ0v) is 17.8. The normalized spacial score (nSPS) is 17.1. The molecule has 4 nitrogen and oxygen atoms in total. The number of rotatable bonds is 2. The van der Waals surface area contributed by atoms with E-state index in [1.807, 2.05) is 0 Å². The van der Waals surface area contributed by atoms with E-state index < -0.39 is 0 Å². The van der Waals surface area contributed by atoms with E-state index in [0.29, 0.717) is 6.04 Å². The third-order valence-corrected chi connectivity index (χ3v) is 6.78. The van der Waals surface area contributed by atoms with E-state index in [0.717, 1.165) is 24.3 Å². The lowest BCUT2D eigenvalue weighted by Gasteiger charge is -2.27. The molecule has 0 saturated heterocycles. The van der Waals surface area contributed by atoms with Crippen molar-refractivity contribution < 1.29 is 0 Å². The van der Waals surface area contributed by atoms with Crippen LogP contribution in [0.5, 0.6) is 0 Å². The van der Waals surface area contributed by atoms with Gasteiger partial charge in [0.25, 0.3) is 0 Å². The Morgan fingerprint density at radius 3 is 2.25 bits per heavy atom. The van der Waals surface area contributed by atoms with Crippen LogP contribution in [0.4, 0.5) is 5.82 Å². The Kier molecular flexibility index (Phi) is 4.01. The van der Waals surface area contributed by atoms with Gasteiger partial charge in [-0.2, -0.15) is 9.61 Å². The van der Waals surface area contributed by atoms with Crippen molar-refractivity contribution in [2.24, 2.45) is 0 Å². The molecule has 146 valence electrons. The van der Waals surface area contributed by atoms with Crippen molar-refractivity contribution >= 4 is 11.5 Å². The van der Waals surface area contributed by atoms with Gasteiger partial charge in [-0.3, -0.25) is 0 Å². The molecule has 3 heterocycles. The van der Waals surface area contributed by atoms with Crippen LogP contribution >= 0.6 is 0 Å². The van der Waals surface area contributed by atoms with Gasteiger partial charge in [0.2, 0.25) is 0 Å². The molecule has 0 radical (unpaired) electrons. The van der Waals surface area contributed by atoms with Gasteiger partial charge < -0.3 is 4.90 Å². The Morgan fingerprint density at radius 2 is 1.57 bits per heavy atom. The summed E-state index contributed by atoms with van der Waals surface area (Å²) in [5.74, 6) is 1.31. The van der Waals surface area contributed by atoms with Crippen molar-refractivity contribution in [1.82, 2.24) is 14.6 Å². The smallest absolute Gasteiger partial charge is 0.165 e. The molecular weight excluding hydrogens is 344 g/mol. The second-order valence-corrected chi connectivity index (χ2v) is 8.85. The Balaban J connectivity index is 1.78. The molecule has 28 heavy (non-hydrogen) atoms. The van der Waals surface area contributed by atoms with Crippen LogP contribution in [-0.4, -0.2) is 27.2 Å². The first-order valence-corrected chi connectivity index (χ1v) is 10.7. The topological polar surface area (TPSA) is 33.4 Å². The largest absolute Gasteiger partial charge is 0.353 e. The van der Waals surface area contributed by atoms with E-state index in [9.17, 15) is 0 Å². The number of benzene rings is 1. The summed E-state index contributed by atoms with van der Waals surface area (Å²) in [5, 5.41) is 5.04. The summed E-state index contributed by atoms with van der Waals surface area (Å²) in [5.41, 5.74) is 11.1. The molecule has 1 fully saturated rings. The van der Waals surface area contributed by atoms with Crippen molar-refractivity contribution in [2.45, 2.75) is 72.8 Å². The fourth-order valence-corrected chi connectivity index (χ4v) is 5.65. The maximum Gasteiger partial charge on any atom is 0.165 e. The predicted molar refractivity (Wildman–Crippen MR) is 115 cm³/mol. The van der Waals surface area contributed by atoms with Gasteiger partial charge in [-0.25, -0.2) is 4.98 Å². The van der Waals surface area contributed by atoms with Gasteiger partial charge in [-0.15, -0.1) is 0 Å². The van der Waals surface area contributed by atoms with Crippen LogP contribution in [0.15, 0.2) is 12.1 Å². The maximum atomic E-state index is 5.08. The minimum Gasteiger partial charge on any atom is -0.353 e. The number of hydrogen-bond acceptors (Lipinski definition) is 3. The first-order chi connectivity index (χ1) is 13.5. The van der Waals surface area contributed by atoms with Crippen molar-refractivity contribution in [1.29, 1.82) is 0 Å². The molecule has 4 heteroatoms. The number of fused-ring (bicyclic) bond motifs is 3. The summed E-state index contributed by atoms with van der Waals surface area (Å²) in [4.78, 5) is 7.72. The quantitative estimate of drug-likeness (QED) is 0.615. The van der Waals surface area contributed by atoms with Gasteiger partial charge >= 0.3 is 0 Å². The highest BCUT2D eigenvalue weighted by Crippen LogP contribution is 2.40. The zero-order valence-electron chi connectivity index (χ0n) is 17.8. The van der Waals surface area contributed by atoms with Crippen LogP contribution in [0.3, 0.4) is 0 Å². The van der Waals surface area contributed by atoms with Gasteiger partial charge in [-0.1, -0.05) is 30.5 Å². The second-order valence-electron chi connectivity index (χ2n) is 8.85. The lowest BCUT2D eigenvalue weighted by atomic mass is 9.94. The van der Waals surface area contributed by atoms with Crippen LogP contribution in [0.1, 0.15) is 59.3 Å². The average Bonchev–Trinajstić information content (AvgIpc) is 3.34. The summed E-state index contributed by atoms with van der Waals surface area (Å²) in [7, 11) is 0. The average molecular weight is 375 g/mol. The third-order valence-electron chi connectivity index (χ3n) is 6.78. The van der Waals surface area contributed by atoms with E-state index in [-0.39, 0.29) is 0 Å². The molecule has 0 unspecified atom stereocenters. The number of anilines is 1. The summed E-state index contributed by atoms with van der Waals surface area (Å²) in [6.45, 7) is 12.0. The molecule has 0 bridgehead atoms. The Bertz CT molecular complexity index is 1060. The van der Waals surface area contributed by atoms with Crippen molar-refractivity contribution in [3.63, 3.8) is 0 Å². The van der Waals surface area contributed by atoms with Crippen LogP contribution in [0, 0.1) is 34.6 Å². The van der Waals surface area contributed by atoms with Gasteiger partial charge in [0.15, 0.2) is 5.65 Å². The Morgan fingerprint density at radius 1 is 0.893 bits per heavy atom. The highest BCUT2D eigenvalue weighted by Gasteiger charge is 2.33. The fourth-order valence-electron chi connectivity index (χ4n) is 5.65. The van der Waals surface area contributed by atoms with Gasteiger partial charge in [0, 0.05) is 23.8 Å². The van der Waals surface area contributed by atoms with E-state index in [1.165, 1.54) is 70.6 Å². The van der Waals surface area contributed by atoms with Gasteiger partial charge in [0.05, 0.1) is 11.3 Å².